The molecule has 6 heteroatoms. The van der Waals surface area contributed by atoms with Gasteiger partial charge in [-0.2, -0.15) is 0 Å². The van der Waals surface area contributed by atoms with E-state index in [-0.39, 0.29) is 4.90 Å². The molecule has 0 saturated carbocycles. The van der Waals surface area contributed by atoms with Gasteiger partial charge in [-0.1, -0.05) is 6.07 Å². The first-order valence-electron chi connectivity index (χ1n) is 6.11. The van der Waals surface area contributed by atoms with E-state index in [1.54, 1.807) is 35.6 Å². The molecule has 20 heavy (non-hydrogen) atoms. The van der Waals surface area contributed by atoms with Gasteiger partial charge in [-0.15, -0.1) is 11.3 Å². The van der Waals surface area contributed by atoms with Crippen molar-refractivity contribution in [2.45, 2.75) is 25.0 Å². The lowest BCUT2D eigenvalue weighted by atomic mass is 10.2. The van der Waals surface area contributed by atoms with Crippen LogP contribution in [-0.2, 0) is 23.0 Å². The van der Waals surface area contributed by atoms with Crippen LogP contribution in [0.5, 0.6) is 5.75 Å². The first-order valence-corrected chi connectivity index (χ1v) is 8.82. The summed E-state index contributed by atoms with van der Waals surface area (Å²) < 4.78 is 28.6. The summed E-state index contributed by atoms with van der Waals surface area (Å²) in [6, 6.07) is 8.56. The van der Waals surface area contributed by atoms with Crippen molar-refractivity contribution in [3.63, 3.8) is 0 Å². The van der Waals surface area contributed by atoms with Gasteiger partial charge in [0.1, 0.15) is 12.4 Å². The van der Waals surface area contributed by atoms with Gasteiger partial charge >= 0.3 is 0 Å². The highest BCUT2D eigenvalue weighted by molar-refractivity contribution is 7.90. The lowest BCUT2D eigenvalue weighted by Crippen LogP contribution is -1.99. The van der Waals surface area contributed by atoms with E-state index in [2.05, 4.69) is 0 Å². The van der Waals surface area contributed by atoms with Crippen molar-refractivity contribution in [2.75, 3.05) is 6.26 Å². The van der Waals surface area contributed by atoms with E-state index < -0.39 is 9.84 Å². The minimum absolute atomic E-state index is 0.264. The summed E-state index contributed by atoms with van der Waals surface area (Å²) in [5, 5.41) is 0. The predicted molar refractivity (Wildman–Crippen MR) is 80.8 cm³/mol. The van der Waals surface area contributed by atoms with Crippen molar-refractivity contribution >= 4 is 21.2 Å². The second-order valence-corrected chi connectivity index (χ2v) is 7.89. The summed E-state index contributed by atoms with van der Waals surface area (Å²) in [6.07, 6.45) is 1.18. The summed E-state index contributed by atoms with van der Waals surface area (Å²) in [5.74, 6) is 0.549. The number of ether oxygens (including phenoxy) is 1. The quantitative estimate of drug-likeness (QED) is 0.921. The fraction of sp³-hybridized carbons (Fsp3) is 0.286. The third kappa shape index (κ3) is 3.59. The third-order valence-corrected chi connectivity index (χ3v) is 5.13. The van der Waals surface area contributed by atoms with Crippen LogP contribution >= 0.6 is 11.3 Å². The Balaban J connectivity index is 2.13. The maximum absolute atomic E-state index is 11.5. The van der Waals surface area contributed by atoms with E-state index in [0.717, 1.165) is 10.4 Å². The average Bonchev–Trinajstić information content (AvgIpc) is 2.76. The summed E-state index contributed by atoms with van der Waals surface area (Å²) in [5.41, 5.74) is 6.69. The summed E-state index contributed by atoms with van der Waals surface area (Å²) >= 11 is 1.66. The second kappa shape index (κ2) is 5.95. The van der Waals surface area contributed by atoms with Gasteiger partial charge < -0.3 is 10.5 Å². The molecule has 0 aliphatic heterocycles. The molecule has 0 amide bonds. The number of thiophene rings is 1. The zero-order chi connectivity index (χ0) is 14.8. The standard InChI is InChI=1S/C14H17NO3S2/c1-10-11(6-13(8-15)19-10)9-18-12-4-3-5-14(7-12)20(2,16)17/h3-7H,8-9,15H2,1-2H3. The van der Waals surface area contributed by atoms with E-state index in [0.29, 0.717) is 18.9 Å². The van der Waals surface area contributed by atoms with Crippen LogP contribution in [0.4, 0.5) is 0 Å². The van der Waals surface area contributed by atoms with Gasteiger partial charge in [0.2, 0.25) is 0 Å². The molecule has 108 valence electrons. The molecule has 2 N–H and O–H groups in total. The van der Waals surface area contributed by atoms with Gasteiger partial charge in [0.05, 0.1) is 4.90 Å². The number of hydrogen-bond donors (Lipinski definition) is 1. The molecule has 0 bridgehead atoms. The number of benzene rings is 1. The molecule has 1 aromatic heterocycles. The molecular weight excluding hydrogens is 294 g/mol. The molecule has 0 spiro atoms. The van der Waals surface area contributed by atoms with Crippen molar-refractivity contribution in [3.8, 4) is 5.75 Å². The van der Waals surface area contributed by atoms with Gasteiger partial charge in [0.25, 0.3) is 0 Å². The average molecular weight is 311 g/mol. The van der Waals surface area contributed by atoms with Crippen LogP contribution in [0, 0.1) is 6.92 Å². The maximum Gasteiger partial charge on any atom is 0.175 e. The van der Waals surface area contributed by atoms with Gasteiger partial charge in [0, 0.05) is 28.1 Å². The topological polar surface area (TPSA) is 69.4 Å². The van der Waals surface area contributed by atoms with Crippen molar-refractivity contribution in [3.05, 3.63) is 45.6 Å². The van der Waals surface area contributed by atoms with E-state index >= 15 is 0 Å². The number of hydrogen-bond acceptors (Lipinski definition) is 5. The van der Waals surface area contributed by atoms with Gasteiger partial charge in [-0.05, 0) is 31.2 Å². The largest absolute Gasteiger partial charge is 0.489 e. The summed E-state index contributed by atoms with van der Waals surface area (Å²) in [7, 11) is -3.21. The lowest BCUT2D eigenvalue weighted by molar-refractivity contribution is 0.305. The van der Waals surface area contributed by atoms with Crippen molar-refractivity contribution < 1.29 is 13.2 Å². The monoisotopic (exact) mass is 311 g/mol. The number of aryl methyl sites for hydroxylation is 1. The lowest BCUT2D eigenvalue weighted by Gasteiger charge is -2.07. The van der Waals surface area contributed by atoms with Crippen molar-refractivity contribution in [2.24, 2.45) is 5.73 Å². The Kier molecular flexibility index (Phi) is 4.47. The Morgan fingerprint density at radius 3 is 2.65 bits per heavy atom. The SMILES string of the molecule is Cc1sc(CN)cc1COc1cccc(S(C)(=O)=O)c1. The van der Waals surface area contributed by atoms with E-state index in [1.807, 2.05) is 13.0 Å². The van der Waals surface area contributed by atoms with Crippen molar-refractivity contribution in [1.29, 1.82) is 0 Å². The molecule has 2 rings (SSSR count). The fourth-order valence-electron chi connectivity index (χ4n) is 1.79. The number of nitrogens with two attached hydrogens (primary N) is 1. The van der Waals surface area contributed by atoms with Crippen LogP contribution in [0.1, 0.15) is 15.3 Å². The Bertz CT molecular complexity index is 705. The number of sulfone groups is 1. The van der Waals surface area contributed by atoms with Crippen LogP contribution in [0.15, 0.2) is 35.2 Å². The first kappa shape index (κ1) is 15.0. The summed E-state index contributed by atoms with van der Waals surface area (Å²) in [4.78, 5) is 2.55. The molecule has 0 aliphatic rings. The zero-order valence-electron chi connectivity index (χ0n) is 11.4. The van der Waals surface area contributed by atoms with E-state index in [9.17, 15) is 8.42 Å². The number of rotatable bonds is 5. The molecule has 1 aromatic carbocycles. The van der Waals surface area contributed by atoms with Gasteiger partial charge in [-0.3, -0.25) is 0 Å². The third-order valence-electron chi connectivity index (χ3n) is 2.90. The zero-order valence-corrected chi connectivity index (χ0v) is 13.1. The normalized spacial score (nSPS) is 11.6. The molecule has 2 aromatic rings. The Morgan fingerprint density at radius 2 is 2.05 bits per heavy atom. The molecule has 0 fully saturated rings. The molecular formula is C14H17NO3S2. The second-order valence-electron chi connectivity index (χ2n) is 4.53. The van der Waals surface area contributed by atoms with Crippen LogP contribution in [0.3, 0.4) is 0 Å². The van der Waals surface area contributed by atoms with Gasteiger partial charge in [-0.25, -0.2) is 8.42 Å². The molecule has 1 heterocycles. The fourth-order valence-corrected chi connectivity index (χ4v) is 3.37. The highest BCUT2D eigenvalue weighted by Gasteiger charge is 2.09. The molecule has 0 saturated heterocycles. The van der Waals surface area contributed by atoms with Gasteiger partial charge in [0.15, 0.2) is 9.84 Å². The van der Waals surface area contributed by atoms with Crippen LogP contribution in [0.2, 0.25) is 0 Å². The van der Waals surface area contributed by atoms with E-state index in [1.165, 1.54) is 11.1 Å². The van der Waals surface area contributed by atoms with Crippen LogP contribution < -0.4 is 10.5 Å². The summed E-state index contributed by atoms with van der Waals surface area (Å²) in [6.45, 7) is 2.96. The predicted octanol–water partition coefficient (Wildman–Crippen LogP) is 2.50. The van der Waals surface area contributed by atoms with Crippen LogP contribution in [-0.4, -0.2) is 14.7 Å². The molecule has 0 aliphatic carbocycles. The maximum atomic E-state index is 11.5. The molecule has 4 nitrogen and oxygen atoms in total. The van der Waals surface area contributed by atoms with E-state index in [4.69, 9.17) is 10.5 Å². The first-order chi connectivity index (χ1) is 9.40. The minimum atomic E-state index is -3.21. The highest BCUT2D eigenvalue weighted by atomic mass is 32.2. The molecule has 0 radical (unpaired) electrons. The minimum Gasteiger partial charge on any atom is -0.489 e. The highest BCUT2D eigenvalue weighted by Crippen LogP contribution is 2.24. The van der Waals surface area contributed by atoms with Crippen LogP contribution in [0.25, 0.3) is 0 Å². The Labute approximate surface area is 123 Å². The Hall–Kier alpha value is -1.37. The molecule has 0 unspecified atom stereocenters. The smallest absolute Gasteiger partial charge is 0.175 e. The Morgan fingerprint density at radius 1 is 1.30 bits per heavy atom. The molecule has 0 atom stereocenters. The van der Waals surface area contributed by atoms with Crippen molar-refractivity contribution in [1.82, 2.24) is 0 Å².